The highest BCUT2D eigenvalue weighted by molar-refractivity contribution is 6.35. The van der Waals surface area contributed by atoms with Gasteiger partial charge in [-0.1, -0.05) is 23.7 Å². The number of hydrogen-bond donors (Lipinski definition) is 2. The Morgan fingerprint density at radius 2 is 2.00 bits per heavy atom. The predicted octanol–water partition coefficient (Wildman–Crippen LogP) is 1.91. The Morgan fingerprint density at radius 3 is 2.56 bits per heavy atom. The van der Waals surface area contributed by atoms with Crippen LogP contribution in [0.3, 0.4) is 0 Å². The topological polar surface area (TPSA) is 92.4 Å². The van der Waals surface area contributed by atoms with E-state index in [-0.39, 0.29) is 21.6 Å². The van der Waals surface area contributed by atoms with Gasteiger partial charge in [0.2, 0.25) is 0 Å². The molecule has 0 radical (unpaired) electrons. The van der Waals surface area contributed by atoms with Crippen LogP contribution in [0, 0.1) is 0 Å². The van der Waals surface area contributed by atoms with E-state index in [9.17, 15) is 9.59 Å². The predicted molar refractivity (Wildman–Crippen MR) is 55.1 cm³/mol. The molecule has 0 bridgehead atoms. The van der Waals surface area contributed by atoms with Crippen LogP contribution < -0.4 is 0 Å². The molecule has 0 aliphatic carbocycles. The van der Waals surface area contributed by atoms with Crippen LogP contribution >= 0.6 is 11.6 Å². The van der Waals surface area contributed by atoms with Crippen LogP contribution in [0.5, 0.6) is 0 Å². The second-order valence-corrected chi connectivity index (χ2v) is 3.39. The summed E-state index contributed by atoms with van der Waals surface area (Å²) < 4.78 is 0.557. The lowest BCUT2D eigenvalue weighted by Gasteiger charge is -1.96. The number of fused-ring (bicyclic) bond motifs is 1. The zero-order valence-electron chi connectivity index (χ0n) is 7.72. The lowest BCUT2D eigenvalue weighted by Crippen LogP contribution is -2.11. The average molecular weight is 241 g/mol. The molecule has 6 nitrogen and oxygen atoms in total. The quantitative estimate of drug-likeness (QED) is 0.794. The molecule has 2 rings (SSSR count). The number of benzene rings is 1. The lowest BCUT2D eigenvalue weighted by molar-refractivity contribution is 0.0692. The summed E-state index contributed by atoms with van der Waals surface area (Å²) in [7, 11) is 0. The molecule has 2 aromatic rings. The first kappa shape index (κ1) is 10.4. The van der Waals surface area contributed by atoms with Crippen molar-refractivity contribution in [1.29, 1.82) is 0 Å². The summed E-state index contributed by atoms with van der Waals surface area (Å²) in [6.07, 6.45) is -1.38. The van der Waals surface area contributed by atoms with E-state index in [1.165, 1.54) is 18.2 Å². The molecule has 7 heteroatoms. The average Bonchev–Trinajstić information content (AvgIpc) is 2.58. The molecule has 0 saturated heterocycles. The van der Waals surface area contributed by atoms with Gasteiger partial charge < -0.3 is 10.2 Å². The smallest absolute Gasteiger partial charge is 0.432 e. The van der Waals surface area contributed by atoms with Gasteiger partial charge in [0.05, 0.1) is 5.02 Å². The summed E-state index contributed by atoms with van der Waals surface area (Å²) in [5.41, 5.74) is -0.256. The van der Waals surface area contributed by atoms with Gasteiger partial charge in [-0.3, -0.25) is 0 Å². The van der Waals surface area contributed by atoms with Gasteiger partial charge in [0.15, 0.2) is 5.69 Å². The fraction of sp³-hybridized carbons (Fsp3) is 0. The van der Waals surface area contributed by atoms with E-state index in [4.69, 9.17) is 21.8 Å². The molecule has 2 N–H and O–H groups in total. The van der Waals surface area contributed by atoms with E-state index >= 15 is 0 Å². The third-order valence-corrected chi connectivity index (χ3v) is 2.34. The van der Waals surface area contributed by atoms with Crippen molar-refractivity contribution >= 4 is 34.6 Å². The van der Waals surface area contributed by atoms with Crippen LogP contribution in [-0.2, 0) is 0 Å². The Labute approximate surface area is 93.7 Å². The van der Waals surface area contributed by atoms with Gasteiger partial charge in [-0.05, 0) is 6.07 Å². The first-order chi connectivity index (χ1) is 7.52. The number of hydrogen-bond acceptors (Lipinski definition) is 3. The van der Waals surface area contributed by atoms with Crippen LogP contribution in [0.1, 0.15) is 10.5 Å². The second kappa shape index (κ2) is 3.49. The molecule has 16 heavy (non-hydrogen) atoms. The third kappa shape index (κ3) is 1.40. The number of aromatic nitrogens is 2. The SMILES string of the molecule is O=C(O)c1nn(C(=O)O)c2c(Cl)cccc12. The van der Waals surface area contributed by atoms with E-state index in [1.54, 1.807) is 0 Å². The maximum atomic E-state index is 10.9. The molecular formula is C9H5ClN2O4. The van der Waals surface area contributed by atoms with Crippen LogP contribution in [0.25, 0.3) is 10.9 Å². The van der Waals surface area contributed by atoms with Crippen molar-refractivity contribution in [3.05, 3.63) is 28.9 Å². The summed E-state index contributed by atoms with van der Waals surface area (Å²) in [5, 5.41) is 21.5. The van der Waals surface area contributed by atoms with Crippen molar-refractivity contribution < 1.29 is 19.8 Å². The van der Waals surface area contributed by atoms with E-state index in [0.29, 0.717) is 4.68 Å². The third-order valence-electron chi connectivity index (χ3n) is 2.04. The van der Waals surface area contributed by atoms with Crippen molar-refractivity contribution in [2.45, 2.75) is 0 Å². The fourth-order valence-corrected chi connectivity index (χ4v) is 1.68. The minimum absolute atomic E-state index is 0.0778. The number of nitrogens with zero attached hydrogens (tertiary/aromatic N) is 2. The Bertz CT molecular complexity index is 605. The van der Waals surface area contributed by atoms with Gasteiger partial charge in [-0.15, -0.1) is 0 Å². The minimum Gasteiger partial charge on any atom is -0.476 e. The number of carbonyl (C=O) groups is 2. The molecule has 0 atom stereocenters. The highest BCUT2D eigenvalue weighted by Gasteiger charge is 2.20. The Morgan fingerprint density at radius 1 is 1.31 bits per heavy atom. The summed E-state index contributed by atoms with van der Waals surface area (Å²) in [6, 6.07) is 4.46. The number of carboxylic acid groups (broad SMARTS) is 2. The first-order valence-electron chi connectivity index (χ1n) is 4.16. The standard InChI is InChI=1S/C9H5ClN2O4/c10-5-3-1-2-4-6(8(13)14)11-12(7(4)5)9(15)16/h1-3H,(H,13,14)(H,15,16). The zero-order valence-corrected chi connectivity index (χ0v) is 8.47. The van der Waals surface area contributed by atoms with Gasteiger partial charge in [0, 0.05) is 5.39 Å². The molecule has 0 fully saturated rings. The Kier molecular flexibility index (Phi) is 2.28. The van der Waals surface area contributed by atoms with E-state index in [0.717, 1.165) is 0 Å². The molecule has 0 amide bonds. The normalized spacial score (nSPS) is 10.6. The molecule has 0 aliphatic rings. The number of aromatic carboxylic acids is 1. The Hall–Kier alpha value is -2.08. The molecular weight excluding hydrogens is 236 g/mol. The van der Waals surface area contributed by atoms with Crippen LogP contribution in [-0.4, -0.2) is 32.1 Å². The highest BCUT2D eigenvalue weighted by Crippen LogP contribution is 2.25. The number of rotatable bonds is 1. The van der Waals surface area contributed by atoms with Gasteiger partial charge in [-0.25, -0.2) is 9.59 Å². The summed E-state index contributed by atoms with van der Waals surface area (Å²) in [4.78, 5) is 21.7. The van der Waals surface area contributed by atoms with E-state index in [2.05, 4.69) is 5.10 Å². The van der Waals surface area contributed by atoms with Gasteiger partial charge in [0.25, 0.3) is 0 Å². The summed E-state index contributed by atoms with van der Waals surface area (Å²) >= 11 is 5.81. The largest absolute Gasteiger partial charge is 0.476 e. The van der Waals surface area contributed by atoms with E-state index < -0.39 is 12.1 Å². The van der Waals surface area contributed by atoms with Crippen molar-refractivity contribution in [3.63, 3.8) is 0 Å². The lowest BCUT2D eigenvalue weighted by atomic mass is 10.2. The van der Waals surface area contributed by atoms with E-state index in [1.807, 2.05) is 0 Å². The van der Waals surface area contributed by atoms with Crippen LogP contribution in [0.2, 0.25) is 5.02 Å². The highest BCUT2D eigenvalue weighted by atomic mass is 35.5. The zero-order chi connectivity index (χ0) is 11.9. The van der Waals surface area contributed by atoms with Crippen molar-refractivity contribution in [3.8, 4) is 0 Å². The number of halogens is 1. The molecule has 82 valence electrons. The van der Waals surface area contributed by atoms with Gasteiger partial charge in [0.1, 0.15) is 5.52 Å². The van der Waals surface area contributed by atoms with Crippen molar-refractivity contribution in [2.75, 3.05) is 0 Å². The first-order valence-corrected chi connectivity index (χ1v) is 4.54. The van der Waals surface area contributed by atoms with Crippen LogP contribution in [0.15, 0.2) is 18.2 Å². The molecule has 1 heterocycles. The van der Waals surface area contributed by atoms with Gasteiger partial charge >= 0.3 is 12.1 Å². The molecule has 0 spiro atoms. The molecule has 1 aromatic carbocycles. The summed E-state index contributed by atoms with van der Waals surface area (Å²) in [6.45, 7) is 0. The van der Waals surface area contributed by atoms with Crippen LogP contribution in [0.4, 0.5) is 4.79 Å². The second-order valence-electron chi connectivity index (χ2n) is 2.98. The number of carboxylic acids is 1. The molecule has 1 aromatic heterocycles. The maximum Gasteiger partial charge on any atom is 0.432 e. The molecule has 0 saturated carbocycles. The van der Waals surface area contributed by atoms with Gasteiger partial charge in [-0.2, -0.15) is 9.78 Å². The number of para-hydroxylation sites is 1. The monoisotopic (exact) mass is 240 g/mol. The minimum atomic E-state index is -1.38. The fourth-order valence-electron chi connectivity index (χ4n) is 1.42. The molecule has 0 unspecified atom stereocenters. The van der Waals surface area contributed by atoms with Crippen molar-refractivity contribution in [2.24, 2.45) is 0 Å². The maximum absolute atomic E-state index is 10.9. The molecule has 0 aliphatic heterocycles. The summed E-state index contributed by atoms with van der Waals surface area (Å²) in [5.74, 6) is -1.30. The Balaban J connectivity index is 2.93. The van der Waals surface area contributed by atoms with Crippen molar-refractivity contribution in [1.82, 2.24) is 9.78 Å².